The van der Waals surface area contributed by atoms with E-state index in [-0.39, 0.29) is 17.6 Å². The van der Waals surface area contributed by atoms with E-state index in [1.165, 1.54) is 46.1 Å². The number of fused-ring (bicyclic) bond motifs is 4. The summed E-state index contributed by atoms with van der Waals surface area (Å²) in [5.74, 6) is 2.57. The summed E-state index contributed by atoms with van der Waals surface area (Å²) in [5.41, 5.74) is 7.02. The first-order chi connectivity index (χ1) is 21.7. The normalized spacial score (nSPS) is 27.8. The molecular formula is C39H40N2O3. The van der Waals surface area contributed by atoms with Gasteiger partial charge in [-0.05, 0) is 67.0 Å². The second kappa shape index (κ2) is 9.85. The van der Waals surface area contributed by atoms with Gasteiger partial charge >= 0.3 is 0 Å². The van der Waals surface area contributed by atoms with Crippen molar-refractivity contribution in [1.29, 1.82) is 0 Å². The first-order valence-electron chi connectivity index (χ1n) is 16.4. The van der Waals surface area contributed by atoms with Crippen molar-refractivity contribution in [1.82, 2.24) is 9.47 Å². The number of nitrogens with zero attached hydrogens (tertiary/aromatic N) is 2. The number of hydrogen-bond acceptors (Lipinski definition) is 4. The average Bonchev–Trinajstić information content (AvgIpc) is 3.73. The molecule has 1 saturated carbocycles. The maximum atomic E-state index is 7.37. The molecule has 3 aromatic carbocycles. The Morgan fingerprint density at radius 1 is 0.977 bits per heavy atom. The van der Waals surface area contributed by atoms with Crippen molar-refractivity contribution in [2.75, 3.05) is 19.7 Å². The molecule has 2 bridgehead atoms. The molecule has 3 aliphatic carbocycles. The zero-order valence-electron chi connectivity index (χ0n) is 25.3. The fourth-order valence-corrected chi connectivity index (χ4v) is 9.42. The number of allylic oxidation sites excluding steroid dienone is 1. The molecule has 0 amide bonds. The molecule has 5 aliphatic rings. The lowest BCUT2D eigenvalue weighted by molar-refractivity contribution is -0.199. The number of benzene rings is 3. The van der Waals surface area contributed by atoms with Crippen LogP contribution in [0.15, 0.2) is 92.0 Å². The van der Waals surface area contributed by atoms with Gasteiger partial charge in [0.25, 0.3) is 0 Å². The maximum Gasteiger partial charge on any atom is 0.166 e. The number of piperidine rings is 1. The molecular weight excluding hydrogens is 544 g/mol. The van der Waals surface area contributed by atoms with Gasteiger partial charge in [-0.15, -0.1) is 13.2 Å². The first kappa shape index (κ1) is 26.6. The van der Waals surface area contributed by atoms with Crippen molar-refractivity contribution in [2.45, 2.75) is 68.4 Å². The van der Waals surface area contributed by atoms with Crippen molar-refractivity contribution in [3.05, 3.63) is 120 Å². The number of ether oxygens (including phenoxy) is 3. The van der Waals surface area contributed by atoms with E-state index in [0.29, 0.717) is 13.2 Å². The van der Waals surface area contributed by atoms with Crippen LogP contribution in [0.2, 0.25) is 0 Å². The molecule has 0 unspecified atom stereocenters. The van der Waals surface area contributed by atoms with Gasteiger partial charge in [0, 0.05) is 42.0 Å². The Balaban J connectivity index is 1.28. The van der Waals surface area contributed by atoms with E-state index in [0.717, 1.165) is 61.9 Å². The average molecular weight is 585 g/mol. The Hall–Kier alpha value is -3.80. The number of likely N-dealkylation sites (tertiary alicyclic amines) is 1. The Labute approximate surface area is 259 Å². The van der Waals surface area contributed by atoms with E-state index in [1.54, 1.807) is 0 Å². The van der Waals surface area contributed by atoms with Crippen LogP contribution in [-0.2, 0) is 36.1 Å². The SMILES string of the molecule is C=CCO[C@@]12Cc3c(n(CC=C)c4ccccc34)[C@@H]3Oc4c(OCc5ccccc5)ccc5c4[C@@]31CCN(CC1CC1)[C@@H]2C5. The van der Waals surface area contributed by atoms with Crippen molar-refractivity contribution in [2.24, 2.45) is 5.92 Å². The summed E-state index contributed by atoms with van der Waals surface area (Å²) in [6.07, 6.45) is 9.29. The van der Waals surface area contributed by atoms with Gasteiger partial charge in [0.15, 0.2) is 17.6 Å². The highest BCUT2D eigenvalue weighted by atomic mass is 16.5. The molecule has 4 aromatic rings. The molecule has 1 aromatic heterocycles. The summed E-state index contributed by atoms with van der Waals surface area (Å²) in [6.45, 7) is 12.3. The van der Waals surface area contributed by atoms with Gasteiger partial charge in [-0.2, -0.15) is 0 Å². The van der Waals surface area contributed by atoms with E-state index in [4.69, 9.17) is 14.2 Å². The first-order valence-corrected chi connectivity index (χ1v) is 16.4. The smallest absolute Gasteiger partial charge is 0.166 e. The number of hydrogen-bond donors (Lipinski definition) is 0. The minimum Gasteiger partial charge on any atom is -0.485 e. The lowest BCUT2D eigenvalue weighted by Gasteiger charge is -2.64. The van der Waals surface area contributed by atoms with E-state index >= 15 is 0 Å². The van der Waals surface area contributed by atoms with Crippen LogP contribution in [0.25, 0.3) is 10.9 Å². The molecule has 0 radical (unpaired) electrons. The lowest BCUT2D eigenvalue weighted by Crippen LogP contribution is -2.75. The quantitative estimate of drug-likeness (QED) is 0.183. The third kappa shape index (κ3) is 3.54. The fraction of sp³-hybridized carbons (Fsp3) is 0.385. The van der Waals surface area contributed by atoms with Gasteiger partial charge in [-0.3, -0.25) is 4.90 Å². The molecule has 2 fully saturated rings. The third-order valence-electron chi connectivity index (χ3n) is 11.3. The summed E-state index contributed by atoms with van der Waals surface area (Å²) in [6, 6.07) is 24.0. The summed E-state index contributed by atoms with van der Waals surface area (Å²) in [4.78, 5) is 2.79. The van der Waals surface area contributed by atoms with Crippen molar-refractivity contribution in [3.63, 3.8) is 0 Å². The molecule has 5 heteroatoms. The van der Waals surface area contributed by atoms with E-state index < -0.39 is 5.60 Å². The van der Waals surface area contributed by atoms with E-state index in [1.807, 2.05) is 18.2 Å². The monoisotopic (exact) mass is 584 g/mol. The molecule has 44 heavy (non-hydrogen) atoms. The predicted octanol–water partition coefficient (Wildman–Crippen LogP) is 7.32. The highest BCUT2D eigenvalue weighted by molar-refractivity contribution is 5.87. The Morgan fingerprint density at radius 2 is 1.82 bits per heavy atom. The minimum atomic E-state index is -0.439. The Kier molecular flexibility index (Phi) is 5.95. The van der Waals surface area contributed by atoms with Gasteiger partial charge in [0.05, 0.1) is 17.7 Å². The van der Waals surface area contributed by atoms with Crippen LogP contribution in [0.4, 0.5) is 0 Å². The minimum absolute atomic E-state index is 0.176. The highest BCUT2D eigenvalue weighted by Crippen LogP contribution is 2.70. The van der Waals surface area contributed by atoms with Gasteiger partial charge in [-0.25, -0.2) is 0 Å². The lowest BCUT2D eigenvalue weighted by atomic mass is 9.48. The molecule has 5 nitrogen and oxygen atoms in total. The van der Waals surface area contributed by atoms with Crippen molar-refractivity contribution in [3.8, 4) is 11.5 Å². The summed E-state index contributed by atoms with van der Waals surface area (Å²) in [7, 11) is 0. The molecule has 224 valence electrons. The van der Waals surface area contributed by atoms with Crippen LogP contribution in [0.1, 0.15) is 53.3 Å². The molecule has 4 atom stereocenters. The number of para-hydroxylation sites is 1. The highest BCUT2D eigenvalue weighted by Gasteiger charge is 2.74. The molecule has 9 rings (SSSR count). The van der Waals surface area contributed by atoms with Crippen molar-refractivity contribution < 1.29 is 14.2 Å². The zero-order chi connectivity index (χ0) is 29.5. The molecule has 1 saturated heterocycles. The zero-order valence-corrected chi connectivity index (χ0v) is 25.3. The van der Waals surface area contributed by atoms with Crippen LogP contribution in [0.5, 0.6) is 11.5 Å². The number of rotatable bonds is 10. The fourth-order valence-electron chi connectivity index (χ4n) is 9.42. The second-order valence-corrected chi connectivity index (χ2v) is 13.5. The third-order valence-corrected chi connectivity index (χ3v) is 11.3. The van der Waals surface area contributed by atoms with Crippen LogP contribution in [-0.4, -0.2) is 40.8 Å². The molecule has 3 heterocycles. The summed E-state index contributed by atoms with van der Waals surface area (Å²) in [5, 5.41) is 1.30. The predicted molar refractivity (Wildman–Crippen MR) is 173 cm³/mol. The molecule has 1 spiro atoms. The van der Waals surface area contributed by atoms with Gasteiger partial charge in [-0.1, -0.05) is 66.7 Å². The standard InChI is InChI=1S/C39H40N2O3/c1-3-19-41-31-13-9-8-12-29(31)30-23-39(43-21-4-2)33-22-28-16-17-32(42-25-27-10-6-5-7-11-27)36-34(28)38(39,37(44-36)35(30)41)18-20-40(33)24-26-14-15-26/h3-13,16-17,26,33,37H,1-2,14-15,18-25H2/t33-,37+,38+,39-/m1/s1. The van der Waals surface area contributed by atoms with Crippen LogP contribution in [0.3, 0.4) is 0 Å². The number of aromatic nitrogens is 1. The van der Waals surface area contributed by atoms with Crippen LogP contribution < -0.4 is 9.47 Å². The van der Waals surface area contributed by atoms with Crippen LogP contribution >= 0.6 is 0 Å². The van der Waals surface area contributed by atoms with E-state index in [2.05, 4.69) is 83.3 Å². The summed E-state index contributed by atoms with van der Waals surface area (Å²) >= 11 is 0. The largest absolute Gasteiger partial charge is 0.485 e. The Bertz CT molecular complexity index is 1790. The van der Waals surface area contributed by atoms with Crippen LogP contribution in [0, 0.1) is 5.92 Å². The van der Waals surface area contributed by atoms with E-state index in [9.17, 15) is 0 Å². The van der Waals surface area contributed by atoms with Gasteiger partial charge < -0.3 is 18.8 Å². The van der Waals surface area contributed by atoms with Crippen molar-refractivity contribution >= 4 is 10.9 Å². The second-order valence-electron chi connectivity index (χ2n) is 13.5. The molecule has 2 aliphatic heterocycles. The van der Waals surface area contributed by atoms with Gasteiger partial charge in [0.1, 0.15) is 12.2 Å². The molecule has 0 N–H and O–H groups in total. The Morgan fingerprint density at radius 3 is 2.64 bits per heavy atom. The topological polar surface area (TPSA) is 35.9 Å². The summed E-state index contributed by atoms with van der Waals surface area (Å²) < 4.78 is 23.7. The van der Waals surface area contributed by atoms with Gasteiger partial charge in [0.2, 0.25) is 0 Å². The maximum absolute atomic E-state index is 7.37.